The fourth-order valence-corrected chi connectivity index (χ4v) is 3.51. The third-order valence-electron chi connectivity index (χ3n) is 5.07. The first-order valence-corrected chi connectivity index (χ1v) is 7.63. The van der Waals surface area contributed by atoms with Crippen molar-refractivity contribution in [2.75, 3.05) is 0 Å². The van der Waals surface area contributed by atoms with Gasteiger partial charge in [0.15, 0.2) is 0 Å². The van der Waals surface area contributed by atoms with Crippen LogP contribution in [-0.2, 0) is 9.59 Å². The van der Waals surface area contributed by atoms with Crippen LogP contribution in [0.2, 0.25) is 0 Å². The van der Waals surface area contributed by atoms with Gasteiger partial charge in [0, 0.05) is 18.0 Å². The molecule has 4 nitrogen and oxygen atoms in total. The van der Waals surface area contributed by atoms with Gasteiger partial charge in [0.2, 0.25) is 5.91 Å². The highest BCUT2D eigenvalue weighted by molar-refractivity contribution is 5.81. The van der Waals surface area contributed by atoms with Crippen LogP contribution in [0.1, 0.15) is 51.9 Å². The van der Waals surface area contributed by atoms with Gasteiger partial charge in [0.1, 0.15) is 0 Å². The molecule has 0 heterocycles. The number of amides is 1. The van der Waals surface area contributed by atoms with E-state index >= 15 is 0 Å². The molecule has 0 bridgehead atoms. The fraction of sp³-hybridized carbons (Fsp3) is 0.867. The maximum absolute atomic E-state index is 12.7. The molecule has 3 aliphatic carbocycles. The number of carboxylic acids is 1. The van der Waals surface area contributed by atoms with Crippen molar-refractivity contribution in [3.05, 3.63) is 0 Å². The molecule has 0 saturated heterocycles. The molecule has 3 atom stereocenters. The highest BCUT2D eigenvalue weighted by Gasteiger charge is 2.45. The minimum Gasteiger partial charge on any atom is -0.481 e. The Labute approximate surface area is 114 Å². The summed E-state index contributed by atoms with van der Waals surface area (Å²) in [5.41, 5.74) is 0. The van der Waals surface area contributed by atoms with Crippen molar-refractivity contribution < 1.29 is 14.7 Å². The molecular weight excluding hydrogens is 242 g/mol. The van der Waals surface area contributed by atoms with E-state index in [1.165, 1.54) is 12.8 Å². The van der Waals surface area contributed by atoms with E-state index in [1.807, 2.05) is 0 Å². The largest absolute Gasteiger partial charge is 0.481 e. The lowest BCUT2D eigenvalue weighted by Gasteiger charge is -2.32. The number of rotatable bonds is 5. The molecule has 0 aromatic rings. The number of carboxylic acid groups (broad SMARTS) is 1. The van der Waals surface area contributed by atoms with E-state index in [-0.39, 0.29) is 17.7 Å². The molecule has 3 rings (SSSR count). The zero-order valence-corrected chi connectivity index (χ0v) is 11.5. The van der Waals surface area contributed by atoms with Crippen LogP contribution in [-0.4, -0.2) is 34.0 Å². The number of aliphatic carboxylic acids is 1. The normalized spacial score (nSPS) is 32.1. The second-order valence-electron chi connectivity index (χ2n) is 6.60. The molecule has 0 radical (unpaired) electrons. The van der Waals surface area contributed by atoms with Crippen LogP contribution in [0, 0.1) is 17.8 Å². The Bertz CT molecular complexity index is 387. The van der Waals surface area contributed by atoms with Crippen LogP contribution in [0.4, 0.5) is 0 Å². The lowest BCUT2D eigenvalue weighted by molar-refractivity contribution is -0.142. The Kier molecular flexibility index (Phi) is 3.27. The summed E-state index contributed by atoms with van der Waals surface area (Å²) in [5.74, 6) is -0.135. The molecule has 0 aromatic carbocycles. The van der Waals surface area contributed by atoms with Gasteiger partial charge in [-0.1, -0.05) is 0 Å². The molecule has 106 valence electrons. The Balaban J connectivity index is 1.65. The summed E-state index contributed by atoms with van der Waals surface area (Å²) in [5, 5.41) is 9.06. The van der Waals surface area contributed by atoms with E-state index in [0.717, 1.165) is 19.3 Å². The monoisotopic (exact) mass is 265 g/mol. The van der Waals surface area contributed by atoms with Crippen LogP contribution in [0.5, 0.6) is 0 Å². The number of nitrogens with zero attached hydrogens (tertiary/aromatic N) is 1. The summed E-state index contributed by atoms with van der Waals surface area (Å²) >= 11 is 0. The lowest BCUT2D eigenvalue weighted by atomic mass is 10.0. The number of hydrogen-bond acceptors (Lipinski definition) is 2. The molecule has 3 aliphatic rings. The molecule has 4 heteroatoms. The summed E-state index contributed by atoms with van der Waals surface area (Å²) in [6.07, 6.45) is 6.75. The second-order valence-corrected chi connectivity index (χ2v) is 6.60. The van der Waals surface area contributed by atoms with Gasteiger partial charge < -0.3 is 10.0 Å². The van der Waals surface area contributed by atoms with E-state index in [4.69, 9.17) is 5.11 Å². The number of carbonyl (C=O) groups is 2. The van der Waals surface area contributed by atoms with Crippen molar-refractivity contribution in [3.63, 3.8) is 0 Å². The first-order chi connectivity index (χ1) is 9.08. The first kappa shape index (κ1) is 12.9. The maximum Gasteiger partial charge on any atom is 0.306 e. The quantitative estimate of drug-likeness (QED) is 0.829. The second kappa shape index (κ2) is 4.80. The van der Waals surface area contributed by atoms with Gasteiger partial charge >= 0.3 is 5.97 Å². The first-order valence-electron chi connectivity index (χ1n) is 7.63. The van der Waals surface area contributed by atoms with Gasteiger partial charge in [-0.25, -0.2) is 0 Å². The predicted molar refractivity (Wildman–Crippen MR) is 70.5 cm³/mol. The van der Waals surface area contributed by atoms with Crippen molar-refractivity contribution in [1.29, 1.82) is 0 Å². The Morgan fingerprint density at radius 1 is 1.05 bits per heavy atom. The van der Waals surface area contributed by atoms with Gasteiger partial charge in [-0.15, -0.1) is 0 Å². The van der Waals surface area contributed by atoms with Gasteiger partial charge in [-0.05, 0) is 57.8 Å². The molecule has 3 fully saturated rings. The molecule has 3 saturated carbocycles. The molecular formula is C15H23NO3. The maximum atomic E-state index is 12.7. The third-order valence-corrected chi connectivity index (χ3v) is 5.07. The molecule has 1 unspecified atom stereocenters. The highest BCUT2D eigenvalue weighted by Crippen LogP contribution is 2.42. The third kappa shape index (κ3) is 2.63. The summed E-state index contributed by atoms with van der Waals surface area (Å²) in [6.45, 7) is 2.18. The van der Waals surface area contributed by atoms with E-state index in [1.54, 1.807) is 0 Å². The van der Waals surface area contributed by atoms with Crippen molar-refractivity contribution in [2.45, 2.75) is 64.0 Å². The summed E-state index contributed by atoms with van der Waals surface area (Å²) in [6, 6.07) is 0.816. The predicted octanol–water partition coefficient (Wildman–Crippen LogP) is 2.28. The number of carbonyl (C=O) groups excluding carboxylic acids is 1. The van der Waals surface area contributed by atoms with Gasteiger partial charge in [-0.2, -0.15) is 0 Å². The van der Waals surface area contributed by atoms with Crippen LogP contribution >= 0.6 is 0 Å². The summed E-state index contributed by atoms with van der Waals surface area (Å²) < 4.78 is 0. The minimum absolute atomic E-state index is 0.0390. The van der Waals surface area contributed by atoms with E-state index in [0.29, 0.717) is 30.8 Å². The topological polar surface area (TPSA) is 57.6 Å². The van der Waals surface area contributed by atoms with E-state index < -0.39 is 5.97 Å². The van der Waals surface area contributed by atoms with Gasteiger partial charge in [0.05, 0.1) is 5.92 Å². The van der Waals surface area contributed by atoms with Gasteiger partial charge in [0.25, 0.3) is 0 Å². The molecule has 0 aliphatic heterocycles. The summed E-state index contributed by atoms with van der Waals surface area (Å²) in [4.78, 5) is 25.8. The fourth-order valence-electron chi connectivity index (χ4n) is 3.51. The Morgan fingerprint density at radius 2 is 1.68 bits per heavy atom. The lowest BCUT2D eigenvalue weighted by Crippen LogP contribution is -2.44. The SMILES string of the molecule is CC(C1CC1)N(C(=O)[C@@H]1CC[C@H](C(=O)O)C1)C1CC1. The van der Waals surface area contributed by atoms with Crippen LogP contribution in [0.25, 0.3) is 0 Å². The molecule has 0 spiro atoms. The zero-order chi connectivity index (χ0) is 13.6. The Morgan fingerprint density at radius 3 is 2.16 bits per heavy atom. The van der Waals surface area contributed by atoms with E-state index in [2.05, 4.69) is 11.8 Å². The average molecular weight is 265 g/mol. The Hall–Kier alpha value is -1.06. The molecule has 0 aromatic heterocycles. The van der Waals surface area contributed by atoms with E-state index in [9.17, 15) is 9.59 Å². The van der Waals surface area contributed by atoms with Crippen molar-refractivity contribution >= 4 is 11.9 Å². The standard InChI is InChI=1S/C15H23NO3/c1-9(10-2-3-10)16(13-6-7-13)14(17)11-4-5-12(8-11)15(18)19/h9-13H,2-8H2,1H3,(H,18,19)/t9?,11-,12+/m1/s1. The average Bonchev–Trinajstić information content (AvgIpc) is 3.28. The highest BCUT2D eigenvalue weighted by atomic mass is 16.4. The minimum atomic E-state index is -0.733. The number of hydrogen-bond donors (Lipinski definition) is 1. The molecule has 1 N–H and O–H groups in total. The van der Waals surface area contributed by atoms with Crippen LogP contribution in [0.15, 0.2) is 0 Å². The van der Waals surface area contributed by atoms with Crippen molar-refractivity contribution in [2.24, 2.45) is 17.8 Å². The van der Waals surface area contributed by atoms with Crippen molar-refractivity contribution in [1.82, 2.24) is 4.90 Å². The smallest absolute Gasteiger partial charge is 0.306 e. The molecule has 19 heavy (non-hydrogen) atoms. The molecule has 1 amide bonds. The summed E-state index contributed by atoms with van der Waals surface area (Å²) in [7, 11) is 0. The van der Waals surface area contributed by atoms with Gasteiger partial charge in [-0.3, -0.25) is 9.59 Å². The zero-order valence-electron chi connectivity index (χ0n) is 11.5. The van der Waals surface area contributed by atoms with Crippen LogP contribution in [0.3, 0.4) is 0 Å². The van der Waals surface area contributed by atoms with Crippen LogP contribution < -0.4 is 0 Å². The van der Waals surface area contributed by atoms with Crippen molar-refractivity contribution in [3.8, 4) is 0 Å².